The molecule has 21 heavy (non-hydrogen) atoms. The molecule has 6 heteroatoms. The van der Waals surface area contributed by atoms with Gasteiger partial charge in [-0.05, 0) is 12.8 Å². The van der Waals surface area contributed by atoms with E-state index in [4.69, 9.17) is 5.11 Å². The van der Waals surface area contributed by atoms with Crippen LogP contribution in [0.4, 0.5) is 0 Å². The average molecular weight is 302 g/mol. The van der Waals surface area contributed by atoms with Crippen LogP contribution in [0, 0.1) is 0 Å². The molecule has 1 aliphatic carbocycles. The van der Waals surface area contributed by atoms with Crippen molar-refractivity contribution in [3.8, 4) is 10.6 Å². The Morgan fingerprint density at radius 2 is 2.00 bits per heavy atom. The van der Waals surface area contributed by atoms with E-state index in [1.54, 1.807) is 0 Å². The number of amides is 1. The lowest BCUT2D eigenvalue weighted by molar-refractivity contribution is -0.143. The third kappa shape index (κ3) is 2.95. The van der Waals surface area contributed by atoms with Crippen molar-refractivity contribution in [1.29, 1.82) is 0 Å². The number of benzene rings is 1. The predicted octanol–water partition coefficient (Wildman–Crippen LogP) is 2.09. The van der Waals surface area contributed by atoms with Gasteiger partial charge >= 0.3 is 5.97 Å². The number of carboxylic acids is 1. The molecule has 0 saturated heterocycles. The number of aromatic nitrogens is 1. The fraction of sp³-hybridized carbons (Fsp3) is 0.267. The van der Waals surface area contributed by atoms with Crippen LogP contribution in [0.5, 0.6) is 0 Å². The summed E-state index contributed by atoms with van der Waals surface area (Å²) < 4.78 is 0. The highest BCUT2D eigenvalue weighted by molar-refractivity contribution is 7.13. The second kappa shape index (κ2) is 5.29. The van der Waals surface area contributed by atoms with Crippen LogP contribution in [0.15, 0.2) is 35.7 Å². The fourth-order valence-corrected chi connectivity index (χ4v) is 2.92. The van der Waals surface area contributed by atoms with Gasteiger partial charge in [0.05, 0.1) is 12.1 Å². The highest BCUT2D eigenvalue weighted by Crippen LogP contribution is 2.35. The van der Waals surface area contributed by atoms with Crippen LogP contribution in [0.3, 0.4) is 0 Å². The molecule has 1 aromatic heterocycles. The quantitative estimate of drug-likeness (QED) is 0.886. The number of hydrogen-bond donors (Lipinski definition) is 2. The molecule has 108 valence electrons. The number of nitrogens with zero attached hydrogens (tertiary/aromatic N) is 1. The summed E-state index contributed by atoms with van der Waals surface area (Å²) in [5.74, 6) is -1.25. The van der Waals surface area contributed by atoms with Gasteiger partial charge in [0.25, 0.3) is 0 Å². The molecule has 0 aliphatic heterocycles. The van der Waals surface area contributed by atoms with Gasteiger partial charge in [-0.15, -0.1) is 11.3 Å². The van der Waals surface area contributed by atoms with E-state index in [-0.39, 0.29) is 12.3 Å². The molecule has 0 spiro atoms. The van der Waals surface area contributed by atoms with Crippen molar-refractivity contribution in [3.05, 3.63) is 41.4 Å². The standard InChI is InChI=1S/C15H14N2O3S/c18-12(17-15(6-7-15)14(19)20)8-11-9-21-13(16-11)10-4-2-1-3-5-10/h1-5,9H,6-8H2,(H,17,18)(H,19,20). The number of nitrogens with one attached hydrogen (secondary N) is 1. The third-order valence-electron chi connectivity index (χ3n) is 3.45. The van der Waals surface area contributed by atoms with E-state index >= 15 is 0 Å². The van der Waals surface area contributed by atoms with E-state index < -0.39 is 11.5 Å². The summed E-state index contributed by atoms with van der Waals surface area (Å²) in [4.78, 5) is 27.4. The number of thiazole rings is 1. The summed E-state index contributed by atoms with van der Waals surface area (Å²) in [5.41, 5.74) is 0.644. The molecule has 1 heterocycles. The maximum absolute atomic E-state index is 11.9. The molecule has 5 nitrogen and oxygen atoms in total. The van der Waals surface area contributed by atoms with Crippen LogP contribution >= 0.6 is 11.3 Å². The van der Waals surface area contributed by atoms with Gasteiger partial charge in [0.1, 0.15) is 10.5 Å². The van der Waals surface area contributed by atoms with Crippen molar-refractivity contribution in [2.75, 3.05) is 0 Å². The summed E-state index contributed by atoms with van der Waals surface area (Å²) in [6.45, 7) is 0. The summed E-state index contributed by atoms with van der Waals surface area (Å²) >= 11 is 1.48. The highest BCUT2D eigenvalue weighted by atomic mass is 32.1. The monoisotopic (exact) mass is 302 g/mol. The van der Waals surface area contributed by atoms with E-state index in [0.717, 1.165) is 10.6 Å². The number of hydrogen-bond acceptors (Lipinski definition) is 4. The number of carboxylic acid groups (broad SMARTS) is 1. The topological polar surface area (TPSA) is 79.3 Å². The average Bonchev–Trinajstić information content (AvgIpc) is 3.10. The van der Waals surface area contributed by atoms with E-state index in [1.165, 1.54) is 11.3 Å². The Kier molecular flexibility index (Phi) is 3.47. The van der Waals surface area contributed by atoms with Crippen LogP contribution in [0.1, 0.15) is 18.5 Å². The van der Waals surface area contributed by atoms with E-state index in [1.807, 2.05) is 35.7 Å². The molecule has 1 amide bonds. The van der Waals surface area contributed by atoms with Crippen molar-refractivity contribution >= 4 is 23.2 Å². The lowest BCUT2D eigenvalue weighted by atomic mass is 10.2. The molecule has 1 aromatic carbocycles. The fourth-order valence-electron chi connectivity index (χ4n) is 2.09. The zero-order valence-corrected chi connectivity index (χ0v) is 12.0. The SMILES string of the molecule is O=C(Cc1csc(-c2ccccc2)n1)NC1(C(=O)O)CC1. The molecule has 0 bridgehead atoms. The lowest BCUT2D eigenvalue weighted by Gasteiger charge is -2.11. The minimum absolute atomic E-state index is 0.109. The van der Waals surface area contributed by atoms with Crippen molar-refractivity contribution in [3.63, 3.8) is 0 Å². The maximum atomic E-state index is 11.9. The molecule has 0 atom stereocenters. The molecule has 0 unspecified atom stereocenters. The van der Waals surface area contributed by atoms with Crippen LogP contribution in [0.2, 0.25) is 0 Å². The summed E-state index contributed by atoms with van der Waals surface area (Å²) in [6.07, 6.45) is 1.11. The summed E-state index contributed by atoms with van der Waals surface area (Å²) in [7, 11) is 0. The van der Waals surface area contributed by atoms with Crippen molar-refractivity contribution < 1.29 is 14.7 Å². The smallest absolute Gasteiger partial charge is 0.329 e. The van der Waals surface area contributed by atoms with Gasteiger partial charge in [0, 0.05) is 10.9 Å². The third-order valence-corrected chi connectivity index (χ3v) is 4.39. The normalized spacial score (nSPS) is 15.4. The van der Waals surface area contributed by atoms with Crippen molar-refractivity contribution in [2.24, 2.45) is 0 Å². The van der Waals surface area contributed by atoms with Gasteiger partial charge in [0.15, 0.2) is 0 Å². The van der Waals surface area contributed by atoms with Crippen molar-refractivity contribution in [1.82, 2.24) is 10.3 Å². The number of aliphatic carboxylic acids is 1. The Hall–Kier alpha value is -2.21. The zero-order valence-electron chi connectivity index (χ0n) is 11.2. The van der Waals surface area contributed by atoms with Crippen molar-refractivity contribution in [2.45, 2.75) is 24.8 Å². The van der Waals surface area contributed by atoms with E-state index in [0.29, 0.717) is 18.5 Å². The largest absolute Gasteiger partial charge is 0.480 e. The Morgan fingerprint density at radius 3 is 2.62 bits per heavy atom. The van der Waals surface area contributed by atoms with Gasteiger partial charge in [-0.3, -0.25) is 4.79 Å². The first-order valence-corrected chi connectivity index (χ1v) is 7.51. The van der Waals surface area contributed by atoms with Crippen LogP contribution in [-0.2, 0) is 16.0 Å². The second-order valence-electron chi connectivity index (χ2n) is 5.12. The van der Waals surface area contributed by atoms with Gasteiger partial charge in [-0.1, -0.05) is 30.3 Å². The highest BCUT2D eigenvalue weighted by Gasteiger charge is 2.51. The molecule has 2 N–H and O–H groups in total. The molecule has 2 aromatic rings. The van der Waals surface area contributed by atoms with Gasteiger partial charge < -0.3 is 10.4 Å². The van der Waals surface area contributed by atoms with Gasteiger partial charge in [-0.25, -0.2) is 9.78 Å². The maximum Gasteiger partial charge on any atom is 0.329 e. The van der Waals surface area contributed by atoms with Gasteiger partial charge in [0.2, 0.25) is 5.91 Å². The Balaban J connectivity index is 1.65. The molecule has 3 rings (SSSR count). The predicted molar refractivity (Wildman–Crippen MR) is 79.0 cm³/mol. The van der Waals surface area contributed by atoms with Crippen LogP contribution in [0.25, 0.3) is 10.6 Å². The minimum atomic E-state index is -1.03. The molecule has 0 radical (unpaired) electrons. The molecule has 1 saturated carbocycles. The molecule has 1 fully saturated rings. The zero-order chi connectivity index (χ0) is 14.9. The van der Waals surface area contributed by atoms with Crippen LogP contribution in [-0.4, -0.2) is 27.5 Å². The van der Waals surface area contributed by atoms with Crippen LogP contribution < -0.4 is 5.32 Å². The number of rotatable bonds is 5. The summed E-state index contributed by atoms with van der Waals surface area (Å²) in [5, 5.41) is 14.3. The Bertz CT molecular complexity index is 677. The first-order chi connectivity index (χ1) is 10.1. The summed E-state index contributed by atoms with van der Waals surface area (Å²) in [6, 6.07) is 9.74. The first-order valence-electron chi connectivity index (χ1n) is 6.63. The van der Waals surface area contributed by atoms with E-state index in [2.05, 4.69) is 10.3 Å². The Labute approximate surface area is 125 Å². The molecule has 1 aliphatic rings. The minimum Gasteiger partial charge on any atom is -0.480 e. The molecular weight excluding hydrogens is 288 g/mol. The first kappa shape index (κ1) is 13.8. The van der Waals surface area contributed by atoms with Gasteiger partial charge in [-0.2, -0.15) is 0 Å². The lowest BCUT2D eigenvalue weighted by Crippen LogP contribution is -2.43. The number of carbonyl (C=O) groups excluding carboxylic acids is 1. The Morgan fingerprint density at radius 1 is 1.29 bits per heavy atom. The number of carbonyl (C=O) groups is 2. The second-order valence-corrected chi connectivity index (χ2v) is 5.98. The molecular formula is C15H14N2O3S. The van der Waals surface area contributed by atoms with E-state index in [9.17, 15) is 9.59 Å².